The summed E-state index contributed by atoms with van der Waals surface area (Å²) in [7, 11) is 1.53. The second-order valence-electron chi connectivity index (χ2n) is 8.50. The number of anilines is 2. The lowest BCUT2D eigenvalue weighted by Crippen LogP contribution is -2.42. The highest BCUT2D eigenvalue weighted by atomic mass is 32.1. The third-order valence-electron chi connectivity index (χ3n) is 5.63. The third-order valence-corrected chi connectivity index (χ3v) is 6.73. The fourth-order valence-electron chi connectivity index (χ4n) is 3.91. The number of methoxy groups -OCH3 is 1. The van der Waals surface area contributed by atoms with Crippen molar-refractivity contribution in [1.82, 2.24) is 19.9 Å². The molecule has 2 amide bonds. The van der Waals surface area contributed by atoms with Gasteiger partial charge in [0.1, 0.15) is 23.3 Å². The second kappa shape index (κ2) is 10.2. The van der Waals surface area contributed by atoms with Crippen LogP contribution in [0.1, 0.15) is 26.7 Å². The van der Waals surface area contributed by atoms with Gasteiger partial charge in [0.25, 0.3) is 5.56 Å². The van der Waals surface area contributed by atoms with Crippen LogP contribution in [0.4, 0.5) is 10.8 Å². The number of rotatable bonds is 7. The SMILES string of the molecule is COc1ccccc1NC(=O)Cn1cnc2nc(N3CCC(C(=O)NC(C)C)CC3)sc2c1=O. The topological polar surface area (TPSA) is 118 Å². The molecule has 10 nitrogen and oxygen atoms in total. The van der Waals surface area contributed by atoms with E-state index in [1.807, 2.05) is 13.8 Å². The maximum absolute atomic E-state index is 13.0. The summed E-state index contributed by atoms with van der Waals surface area (Å²) < 4.78 is 6.93. The van der Waals surface area contributed by atoms with E-state index in [-0.39, 0.29) is 35.9 Å². The minimum absolute atomic E-state index is 0.00914. The predicted octanol–water partition coefficient (Wildman–Crippen LogP) is 2.24. The molecule has 1 aliphatic rings. The fourth-order valence-corrected chi connectivity index (χ4v) is 4.93. The first-order valence-electron chi connectivity index (χ1n) is 11.2. The summed E-state index contributed by atoms with van der Waals surface area (Å²) in [5.41, 5.74) is 0.587. The average molecular weight is 485 g/mol. The van der Waals surface area contributed by atoms with Crippen molar-refractivity contribution >= 4 is 44.3 Å². The van der Waals surface area contributed by atoms with E-state index in [9.17, 15) is 14.4 Å². The molecule has 4 rings (SSSR count). The molecule has 0 bridgehead atoms. The van der Waals surface area contributed by atoms with Crippen molar-refractivity contribution in [2.75, 3.05) is 30.4 Å². The van der Waals surface area contributed by atoms with Gasteiger partial charge in [-0.2, -0.15) is 4.98 Å². The summed E-state index contributed by atoms with van der Waals surface area (Å²) in [5, 5.41) is 6.44. The molecule has 0 radical (unpaired) electrons. The molecule has 0 atom stereocenters. The van der Waals surface area contributed by atoms with Crippen molar-refractivity contribution in [1.29, 1.82) is 0 Å². The van der Waals surface area contributed by atoms with Gasteiger partial charge in [-0.25, -0.2) is 4.98 Å². The smallest absolute Gasteiger partial charge is 0.273 e. The number of carbonyl (C=O) groups excluding carboxylic acids is 2. The van der Waals surface area contributed by atoms with Gasteiger partial charge in [0.05, 0.1) is 12.8 Å². The minimum Gasteiger partial charge on any atom is -0.495 e. The number of thiazole rings is 1. The monoisotopic (exact) mass is 484 g/mol. The number of benzene rings is 1. The number of amides is 2. The van der Waals surface area contributed by atoms with Gasteiger partial charge in [0, 0.05) is 25.0 Å². The summed E-state index contributed by atoms with van der Waals surface area (Å²) in [6.45, 7) is 5.10. The summed E-state index contributed by atoms with van der Waals surface area (Å²) in [6, 6.07) is 7.19. The Morgan fingerprint density at radius 1 is 1.24 bits per heavy atom. The highest BCUT2D eigenvalue weighted by Gasteiger charge is 2.27. The van der Waals surface area contributed by atoms with Crippen LogP contribution in [0.3, 0.4) is 0 Å². The van der Waals surface area contributed by atoms with Crippen LogP contribution >= 0.6 is 11.3 Å². The van der Waals surface area contributed by atoms with Gasteiger partial charge in [0.2, 0.25) is 11.8 Å². The first-order chi connectivity index (χ1) is 16.4. The maximum Gasteiger partial charge on any atom is 0.273 e. The maximum atomic E-state index is 13.0. The quantitative estimate of drug-likeness (QED) is 0.528. The van der Waals surface area contributed by atoms with E-state index in [4.69, 9.17) is 4.74 Å². The van der Waals surface area contributed by atoms with Crippen LogP contribution in [-0.2, 0) is 16.1 Å². The highest BCUT2D eigenvalue weighted by molar-refractivity contribution is 7.22. The average Bonchev–Trinajstić information content (AvgIpc) is 3.26. The van der Waals surface area contributed by atoms with Crippen LogP contribution in [0.2, 0.25) is 0 Å². The van der Waals surface area contributed by atoms with E-state index in [1.54, 1.807) is 24.3 Å². The van der Waals surface area contributed by atoms with Crippen molar-refractivity contribution < 1.29 is 14.3 Å². The Morgan fingerprint density at radius 2 is 1.97 bits per heavy atom. The molecular weight excluding hydrogens is 456 g/mol. The fraction of sp³-hybridized carbons (Fsp3) is 0.435. The molecule has 0 spiro atoms. The second-order valence-corrected chi connectivity index (χ2v) is 9.48. The molecule has 2 aromatic heterocycles. The molecule has 3 aromatic rings. The number of ether oxygens (including phenoxy) is 1. The molecule has 1 saturated heterocycles. The van der Waals surface area contributed by atoms with E-state index < -0.39 is 0 Å². The van der Waals surface area contributed by atoms with Crippen molar-refractivity contribution in [2.24, 2.45) is 5.92 Å². The number of carbonyl (C=O) groups is 2. The Labute approximate surface area is 201 Å². The largest absolute Gasteiger partial charge is 0.495 e. The lowest BCUT2D eigenvalue weighted by molar-refractivity contribution is -0.126. The lowest BCUT2D eigenvalue weighted by atomic mass is 9.96. The van der Waals surface area contributed by atoms with Crippen LogP contribution in [0, 0.1) is 5.92 Å². The molecule has 11 heteroatoms. The molecule has 180 valence electrons. The Bertz CT molecular complexity index is 1250. The number of aromatic nitrogens is 3. The van der Waals surface area contributed by atoms with Gasteiger partial charge >= 0.3 is 0 Å². The molecule has 1 aromatic carbocycles. The van der Waals surface area contributed by atoms with Crippen LogP contribution in [0.25, 0.3) is 10.3 Å². The lowest BCUT2D eigenvalue weighted by Gasteiger charge is -2.31. The molecular formula is C23H28N6O4S. The third kappa shape index (κ3) is 5.19. The predicted molar refractivity (Wildman–Crippen MR) is 132 cm³/mol. The minimum atomic E-state index is -0.362. The summed E-state index contributed by atoms with van der Waals surface area (Å²) in [4.78, 5) is 48.7. The van der Waals surface area contributed by atoms with Crippen molar-refractivity contribution in [2.45, 2.75) is 39.3 Å². The van der Waals surface area contributed by atoms with E-state index >= 15 is 0 Å². The number of nitrogens with one attached hydrogen (secondary N) is 2. The van der Waals surface area contributed by atoms with Crippen molar-refractivity contribution in [3.05, 3.63) is 40.9 Å². The standard InChI is InChI=1S/C23H28N6O4S/c1-14(2)25-21(31)15-8-10-28(11-9-15)23-27-20-19(34-23)22(32)29(13-24-20)12-18(30)26-16-6-4-5-7-17(16)33-3/h4-7,13-15H,8-12H2,1-3H3,(H,25,31)(H,26,30). The summed E-state index contributed by atoms with van der Waals surface area (Å²) in [6.07, 6.45) is 2.81. The van der Waals surface area contributed by atoms with Gasteiger partial charge < -0.3 is 20.3 Å². The van der Waals surface area contributed by atoms with E-state index in [0.29, 0.717) is 40.0 Å². The van der Waals surface area contributed by atoms with Crippen LogP contribution in [0.15, 0.2) is 35.4 Å². The van der Waals surface area contributed by atoms with Crippen molar-refractivity contribution in [3.63, 3.8) is 0 Å². The number of hydrogen-bond acceptors (Lipinski definition) is 8. The van der Waals surface area contributed by atoms with E-state index in [1.165, 1.54) is 29.3 Å². The van der Waals surface area contributed by atoms with Gasteiger partial charge in [0.15, 0.2) is 10.8 Å². The van der Waals surface area contributed by atoms with E-state index in [2.05, 4.69) is 25.5 Å². The number of hydrogen-bond donors (Lipinski definition) is 2. The van der Waals surface area contributed by atoms with Crippen LogP contribution < -0.4 is 25.8 Å². The van der Waals surface area contributed by atoms with Gasteiger partial charge in [-0.1, -0.05) is 23.5 Å². The Balaban J connectivity index is 1.44. The molecule has 0 saturated carbocycles. The van der Waals surface area contributed by atoms with Gasteiger partial charge in [-0.05, 0) is 38.8 Å². The van der Waals surface area contributed by atoms with Crippen LogP contribution in [0.5, 0.6) is 5.75 Å². The zero-order chi connectivity index (χ0) is 24.2. The summed E-state index contributed by atoms with van der Waals surface area (Å²) >= 11 is 1.27. The summed E-state index contributed by atoms with van der Waals surface area (Å²) in [5.74, 6) is 0.258. The number of para-hydroxylation sites is 2. The number of piperidine rings is 1. The normalized spacial score (nSPS) is 14.4. The van der Waals surface area contributed by atoms with Crippen molar-refractivity contribution in [3.8, 4) is 5.75 Å². The number of fused-ring (bicyclic) bond motifs is 1. The zero-order valence-electron chi connectivity index (χ0n) is 19.4. The molecule has 0 aliphatic carbocycles. The van der Waals surface area contributed by atoms with E-state index in [0.717, 1.165) is 12.8 Å². The zero-order valence-corrected chi connectivity index (χ0v) is 20.2. The highest BCUT2D eigenvalue weighted by Crippen LogP contribution is 2.29. The first kappa shape index (κ1) is 23.7. The molecule has 1 fully saturated rings. The van der Waals surface area contributed by atoms with Gasteiger partial charge in [-0.3, -0.25) is 19.0 Å². The van der Waals surface area contributed by atoms with Crippen LogP contribution in [-0.4, -0.2) is 52.6 Å². The Hall–Kier alpha value is -3.47. The molecule has 2 N–H and O–H groups in total. The first-order valence-corrected chi connectivity index (χ1v) is 12.0. The number of nitrogens with zero attached hydrogens (tertiary/aromatic N) is 4. The Kier molecular flexibility index (Phi) is 7.11. The molecule has 1 aliphatic heterocycles. The molecule has 34 heavy (non-hydrogen) atoms. The Morgan fingerprint density at radius 3 is 2.68 bits per heavy atom. The van der Waals surface area contributed by atoms with Gasteiger partial charge in [-0.15, -0.1) is 0 Å². The molecule has 3 heterocycles. The molecule has 0 unspecified atom stereocenters.